The van der Waals surface area contributed by atoms with Crippen molar-refractivity contribution in [1.29, 1.82) is 0 Å². The predicted molar refractivity (Wildman–Crippen MR) is 65.2 cm³/mol. The third-order valence-corrected chi connectivity index (χ3v) is 7.07. The van der Waals surface area contributed by atoms with Gasteiger partial charge in [-0.05, 0) is 19.6 Å². The summed E-state index contributed by atoms with van der Waals surface area (Å²) < 4.78 is 16.3. The molecule has 1 rings (SSSR count). The summed E-state index contributed by atoms with van der Waals surface area (Å²) in [5, 5.41) is 0. The Morgan fingerprint density at radius 2 is 2.20 bits per heavy atom. The lowest BCUT2D eigenvalue weighted by Gasteiger charge is -2.21. The molecule has 0 spiro atoms. The average molecular weight is 242 g/mol. The Hall–Kier alpha value is -0.386. The van der Waals surface area contributed by atoms with Crippen molar-refractivity contribution in [2.75, 3.05) is 13.7 Å². The SMILES string of the molecule is C=C(C#C[Si](C)(OC)O[SiH](C)C)C1CO1. The minimum absolute atomic E-state index is 0.143. The van der Waals surface area contributed by atoms with Gasteiger partial charge in [0.2, 0.25) is 0 Å². The third kappa shape index (κ3) is 4.32. The standard InChI is InChI=1S/C10H18O3Si2/c1-9(10-8-12-10)6-7-15(5,11-2)13-14(3)4/h10,14H,1,8H2,2-5H3. The Kier molecular flexibility index (Phi) is 4.31. The number of epoxide rings is 1. The molecule has 84 valence electrons. The molecule has 0 aliphatic carbocycles. The lowest BCUT2D eigenvalue weighted by Crippen LogP contribution is -2.40. The van der Waals surface area contributed by atoms with Crippen LogP contribution in [0.5, 0.6) is 0 Å². The van der Waals surface area contributed by atoms with E-state index in [2.05, 4.69) is 31.1 Å². The molecule has 2 atom stereocenters. The van der Waals surface area contributed by atoms with E-state index in [9.17, 15) is 0 Å². The van der Waals surface area contributed by atoms with Crippen LogP contribution in [0.3, 0.4) is 0 Å². The van der Waals surface area contributed by atoms with Gasteiger partial charge in [-0.15, -0.1) is 0 Å². The molecule has 1 aliphatic heterocycles. The summed E-state index contributed by atoms with van der Waals surface area (Å²) in [5.74, 6) is 3.01. The lowest BCUT2D eigenvalue weighted by molar-refractivity contribution is 0.326. The second-order valence-electron chi connectivity index (χ2n) is 3.91. The van der Waals surface area contributed by atoms with E-state index < -0.39 is 17.6 Å². The lowest BCUT2D eigenvalue weighted by atomic mass is 10.2. The van der Waals surface area contributed by atoms with E-state index in [0.29, 0.717) is 0 Å². The van der Waals surface area contributed by atoms with Crippen molar-refractivity contribution >= 4 is 17.6 Å². The van der Waals surface area contributed by atoms with Gasteiger partial charge in [0, 0.05) is 12.7 Å². The molecule has 0 N–H and O–H groups in total. The first kappa shape index (κ1) is 12.7. The quantitative estimate of drug-likeness (QED) is 0.422. The minimum Gasteiger partial charge on any atom is -0.430 e. The maximum absolute atomic E-state index is 5.84. The Morgan fingerprint density at radius 3 is 2.60 bits per heavy atom. The fourth-order valence-electron chi connectivity index (χ4n) is 1.10. The van der Waals surface area contributed by atoms with Gasteiger partial charge in [0.15, 0.2) is 9.04 Å². The number of hydrogen-bond acceptors (Lipinski definition) is 3. The first-order valence-corrected chi connectivity index (χ1v) is 10.1. The van der Waals surface area contributed by atoms with Gasteiger partial charge in [0.25, 0.3) is 0 Å². The van der Waals surface area contributed by atoms with E-state index in [-0.39, 0.29) is 6.10 Å². The molecular weight excluding hydrogens is 224 g/mol. The van der Waals surface area contributed by atoms with Crippen molar-refractivity contribution in [3.8, 4) is 11.5 Å². The van der Waals surface area contributed by atoms with Gasteiger partial charge in [0.1, 0.15) is 6.10 Å². The molecule has 1 aliphatic rings. The van der Waals surface area contributed by atoms with E-state index in [1.807, 2.05) is 6.55 Å². The summed E-state index contributed by atoms with van der Waals surface area (Å²) >= 11 is 0. The number of hydrogen-bond donors (Lipinski definition) is 0. The Bertz CT molecular complexity index is 302. The Morgan fingerprint density at radius 1 is 1.60 bits per heavy atom. The molecule has 15 heavy (non-hydrogen) atoms. The Balaban J connectivity index is 2.60. The summed E-state index contributed by atoms with van der Waals surface area (Å²) in [5.41, 5.74) is 3.93. The van der Waals surface area contributed by atoms with Crippen LogP contribution in [0.4, 0.5) is 0 Å². The van der Waals surface area contributed by atoms with Gasteiger partial charge >= 0.3 is 8.56 Å². The minimum atomic E-state index is -2.28. The van der Waals surface area contributed by atoms with Crippen LogP contribution in [-0.2, 0) is 13.3 Å². The van der Waals surface area contributed by atoms with Gasteiger partial charge in [-0.2, -0.15) is 0 Å². The van der Waals surface area contributed by atoms with Crippen molar-refractivity contribution in [2.24, 2.45) is 0 Å². The fourth-order valence-corrected chi connectivity index (χ4v) is 5.81. The van der Waals surface area contributed by atoms with Crippen molar-refractivity contribution < 1.29 is 13.3 Å². The predicted octanol–water partition coefficient (Wildman–Crippen LogP) is 1.20. The molecule has 0 amide bonds. The van der Waals surface area contributed by atoms with E-state index in [4.69, 9.17) is 13.3 Å². The topological polar surface area (TPSA) is 31.0 Å². The van der Waals surface area contributed by atoms with Crippen molar-refractivity contribution in [3.05, 3.63) is 12.2 Å². The van der Waals surface area contributed by atoms with Crippen LogP contribution >= 0.6 is 0 Å². The van der Waals surface area contributed by atoms with Crippen molar-refractivity contribution in [1.82, 2.24) is 0 Å². The molecule has 0 aromatic carbocycles. The van der Waals surface area contributed by atoms with Crippen LogP contribution < -0.4 is 0 Å². The fraction of sp³-hybridized carbons (Fsp3) is 0.600. The van der Waals surface area contributed by atoms with Crippen LogP contribution in [0, 0.1) is 11.5 Å². The van der Waals surface area contributed by atoms with Crippen molar-refractivity contribution in [3.63, 3.8) is 0 Å². The van der Waals surface area contributed by atoms with Gasteiger partial charge in [0.05, 0.1) is 6.61 Å². The van der Waals surface area contributed by atoms with E-state index >= 15 is 0 Å². The molecule has 1 saturated heterocycles. The first-order valence-electron chi connectivity index (χ1n) is 5.03. The molecule has 3 nitrogen and oxygen atoms in total. The van der Waals surface area contributed by atoms with Crippen LogP contribution in [0.25, 0.3) is 0 Å². The van der Waals surface area contributed by atoms with Gasteiger partial charge < -0.3 is 13.3 Å². The molecule has 1 fully saturated rings. The zero-order chi connectivity index (χ0) is 11.5. The molecular formula is C10H18O3Si2. The highest BCUT2D eigenvalue weighted by Crippen LogP contribution is 2.17. The van der Waals surface area contributed by atoms with Crippen LogP contribution in [0.15, 0.2) is 12.2 Å². The molecule has 0 saturated carbocycles. The van der Waals surface area contributed by atoms with Gasteiger partial charge in [-0.25, -0.2) is 0 Å². The van der Waals surface area contributed by atoms with Crippen LogP contribution in [0.1, 0.15) is 0 Å². The maximum Gasteiger partial charge on any atom is 0.410 e. The van der Waals surface area contributed by atoms with Gasteiger partial charge in [-0.1, -0.05) is 18.0 Å². The third-order valence-electron chi connectivity index (χ3n) is 2.02. The highest BCUT2D eigenvalue weighted by molar-refractivity contribution is 6.80. The van der Waals surface area contributed by atoms with Crippen molar-refractivity contribution in [2.45, 2.75) is 25.7 Å². The summed E-state index contributed by atoms with van der Waals surface area (Å²) in [6, 6.07) is 0. The van der Waals surface area contributed by atoms with Crippen LogP contribution in [0.2, 0.25) is 19.6 Å². The second kappa shape index (κ2) is 5.10. The first-order chi connectivity index (χ1) is 6.97. The zero-order valence-corrected chi connectivity index (χ0v) is 11.9. The zero-order valence-electron chi connectivity index (χ0n) is 9.79. The van der Waals surface area contributed by atoms with Crippen LogP contribution in [-0.4, -0.2) is 37.4 Å². The second-order valence-corrected chi connectivity index (χ2v) is 9.50. The van der Waals surface area contributed by atoms with Gasteiger partial charge in [-0.3, -0.25) is 0 Å². The molecule has 0 aromatic rings. The normalized spacial score (nSPS) is 22.9. The van der Waals surface area contributed by atoms with E-state index in [0.717, 1.165) is 12.2 Å². The summed E-state index contributed by atoms with van der Waals surface area (Å²) in [4.78, 5) is 0. The number of ether oxygens (including phenoxy) is 1. The van der Waals surface area contributed by atoms with E-state index in [1.54, 1.807) is 7.11 Å². The number of rotatable bonds is 4. The molecule has 1 heterocycles. The molecule has 0 bridgehead atoms. The maximum atomic E-state index is 5.84. The highest BCUT2D eigenvalue weighted by atomic mass is 28.4. The molecule has 2 unspecified atom stereocenters. The monoisotopic (exact) mass is 242 g/mol. The molecule has 5 heteroatoms. The van der Waals surface area contributed by atoms with E-state index in [1.165, 1.54) is 0 Å². The summed E-state index contributed by atoms with van der Waals surface area (Å²) in [6.07, 6.45) is 0.143. The summed E-state index contributed by atoms with van der Waals surface area (Å²) in [7, 11) is -1.73. The molecule has 0 aromatic heterocycles. The Labute approximate surface area is 94.4 Å². The highest BCUT2D eigenvalue weighted by Gasteiger charge is 2.30. The average Bonchev–Trinajstić information content (AvgIpc) is 2.96. The smallest absolute Gasteiger partial charge is 0.410 e. The molecule has 0 radical (unpaired) electrons. The summed E-state index contributed by atoms with van der Waals surface area (Å²) in [6.45, 7) is 10.8. The largest absolute Gasteiger partial charge is 0.430 e.